The first-order valence-corrected chi connectivity index (χ1v) is 5.96. The molecule has 5 N–H and O–H groups in total. The van der Waals surface area contributed by atoms with E-state index in [4.69, 9.17) is 4.74 Å². The third kappa shape index (κ3) is 3.47. The van der Waals surface area contributed by atoms with E-state index in [1.807, 2.05) is 0 Å². The summed E-state index contributed by atoms with van der Waals surface area (Å²) < 4.78 is 5.03. The van der Waals surface area contributed by atoms with Gasteiger partial charge in [0, 0.05) is 23.9 Å². The number of aromatic hydroxyl groups is 3. The van der Waals surface area contributed by atoms with Gasteiger partial charge < -0.3 is 30.7 Å². The zero-order valence-electron chi connectivity index (χ0n) is 11.1. The Labute approximate surface area is 120 Å². The van der Waals surface area contributed by atoms with Gasteiger partial charge in [0.05, 0.1) is 12.8 Å². The molecule has 2 rings (SSSR count). The highest BCUT2D eigenvalue weighted by atomic mass is 16.5. The van der Waals surface area contributed by atoms with Crippen LogP contribution in [0.2, 0.25) is 0 Å². The van der Waals surface area contributed by atoms with Gasteiger partial charge in [-0.1, -0.05) is 6.07 Å². The van der Waals surface area contributed by atoms with Gasteiger partial charge in [-0.3, -0.25) is 0 Å². The van der Waals surface area contributed by atoms with Crippen LogP contribution in [-0.4, -0.2) is 28.5 Å². The van der Waals surface area contributed by atoms with E-state index >= 15 is 0 Å². The number of carbonyl (C=O) groups excluding carboxylic acids is 1. The molecule has 0 saturated carbocycles. The van der Waals surface area contributed by atoms with Gasteiger partial charge >= 0.3 is 6.03 Å². The summed E-state index contributed by atoms with van der Waals surface area (Å²) in [7, 11) is 1.52. The lowest BCUT2D eigenvalue weighted by atomic mass is 10.2. The average molecular weight is 290 g/mol. The van der Waals surface area contributed by atoms with Crippen molar-refractivity contribution < 1.29 is 24.9 Å². The fraction of sp³-hybridized carbons (Fsp3) is 0.0714. The Bertz CT molecular complexity index is 649. The van der Waals surface area contributed by atoms with Crippen molar-refractivity contribution >= 4 is 17.4 Å². The second-order valence-electron chi connectivity index (χ2n) is 4.17. The van der Waals surface area contributed by atoms with Gasteiger partial charge in [0.1, 0.15) is 5.75 Å². The van der Waals surface area contributed by atoms with Gasteiger partial charge in [0.15, 0.2) is 17.2 Å². The number of methoxy groups -OCH3 is 1. The van der Waals surface area contributed by atoms with E-state index in [1.165, 1.54) is 7.11 Å². The molecular weight excluding hydrogens is 276 g/mol. The fourth-order valence-corrected chi connectivity index (χ4v) is 1.67. The van der Waals surface area contributed by atoms with E-state index in [0.29, 0.717) is 11.4 Å². The molecule has 2 aromatic rings. The summed E-state index contributed by atoms with van der Waals surface area (Å²) in [5.74, 6) is -1.13. The van der Waals surface area contributed by atoms with Gasteiger partial charge in [-0.15, -0.1) is 0 Å². The smallest absolute Gasteiger partial charge is 0.323 e. The molecule has 0 saturated heterocycles. The van der Waals surface area contributed by atoms with E-state index in [9.17, 15) is 20.1 Å². The minimum Gasteiger partial charge on any atom is -0.504 e. The normalized spacial score (nSPS) is 9.95. The SMILES string of the molecule is COc1cccc(NC(=O)Nc2cc(O)c(O)c(O)c2)c1. The first-order chi connectivity index (χ1) is 9.99. The summed E-state index contributed by atoms with van der Waals surface area (Å²) in [5.41, 5.74) is 0.641. The quantitative estimate of drug-likeness (QED) is 0.440. The molecule has 0 spiro atoms. The van der Waals surface area contributed by atoms with Crippen molar-refractivity contribution in [2.24, 2.45) is 0 Å². The number of rotatable bonds is 3. The van der Waals surface area contributed by atoms with Crippen LogP contribution in [0.25, 0.3) is 0 Å². The molecule has 2 aromatic carbocycles. The number of carbonyl (C=O) groups is 1. The molecule has 7 heteroatoms. The number of benzene rings is 2. The molecule has 0 atom stereocenters. The summed E-state index contributed by atoms with van der Waals surface area (Å²) in [6, 6.07) is 8.40. The maximum Gasteiger partial charge on any atom is 0.323 e. The van der Waals surface area contributed by atoms with Crippen LogP contribution in [0.1, 0.15) is 0 Å². The number of hydrogen-bond donors (Lipinski definition) is 5. The standard InChI is InChI=1S/C14H14N2O5/c1-21-10-4-2-3-8(5-10)15-14(20)16-9-6-11(17)13(19)12(18)7-9/h2-7,17-19H,1H3,(H2,15,16,20). The third-order valence-corrected chi connectivity index (χ3v) is 2.66. The van der Waals surface area contributed by atoms with Gasteiger partial charge in [-0.2, -0.15) is 0 Å². The van der Waals surface area contributed by atoms with Crippen molar-refractivity contribution in [1.82, 2.24) is 0 Å². The molecule has 21 heavy (non-hydrogen) atoms. The first kappa shape index (κ1) is 14.3. The first-order valence-electron chi connectivity index (χ1n) is 5.96. The largest absolute Gasteiger partial charge is 0.504 e. The van der Waals surface area contributed by atoms with Crippen molar-refractivity contribution in [2.75, 3.05) is 17.7 Å². The second-order valence-corrected chi connectivity index (χ2v) is 4.17. The maximum absolute atomic E-state index is 11.8. The lowest BCUT2D eigenvalue weighted by molar-refractivity contribution is 0.262. The lowest BCUT2D eigenvalue weighted by Gasteiger charge is -2.10. The Morgan fingerprint density at radius 3 is 2.24 bits per heavy atom. The Balaban J connectivity index is 2.08. The predicted octanol–water partition coefficient (Wildman–Crippen LogP) is 2.46. The molecule has 0 aromatic heterocycles. The molecule has 110 valence electrons. The van der Waals surface area contributed by atoms with Crippen LogP contribution in [0.15, 0.2) is 36.4 Å². The molecule has 0 radical (unpaired) electrons. The monoisotopic (exact) mass is 290 g/mol. The van der Waals surface area contributed by atoms with Crippen LogP contribution < -0.4 is 15.4 Å². The highest BCUT2D eigenvalue weighted by molar-refractivity contribution is 6.00. The molecule has 0 aliphatic rings. The van der Waals surface area contributed by atoms with Crippen molar-refractivity contribution in [3.8, 4) is 23.0 Å². The molecule has 0 bridgehead atoms. The topological polar surface area (TPSA) is 111 Å². The summed E-state index contributed by atoms with van der Waals surface area (Å²) in [6.45, 7) is 0. The van der Waals surface area contributed by atoms with E-state index in [2.05, 4.69) is 10.6 Å². The molecule has 0 heterocycles. The number of anilines is 2. The minimum absolute atomic E-state index is 0.128. The maximum atomic E-state index is 11.8. The Hall–Kier alpha value is -3.09. The molecule has 0 unspecified atom stereocenters. The third-order valence-electron chi connectivity index (χ3n) is 2.66. The van der Waals surface area contributed by atoms with E-state index in [-0.39, 0.29) is 5.69 Å². The van der Waals surface area contributed by atoms with E-state index < -0.39 is 23.3 Å². The number of nitrogens with one attached hydrogen (secondary N) is 2. The number of ether oxygens (including phenoxy) is 1. The molecule has 2 amide bonds. The van der Waals surface area contributed by atoms with Crippen molar-refractivity contribution in [3.63, 3.8) is 0 Å². The summed E-state index contributed by atoms with van der Waals surface area (Å²) in [6.07, 6.45) is 0. The van der Waals surface area contributed by atoms with Crippen LogP contribution in [-0.2, 0) is 0 Å². The van der Waals surface area contributed by atoms with Gasteiger partial charge in [-0.05, 0) is 12.1 Å². The molecular formula is C14H14N2O5. The van der Waals surface area contributed by atoms with E-state index in [0.717, 1.165) is 12.1 Å². The Morgan fingerprint density at radius 1 is 1.00 bits per heavy atom. The van der Waals surface area contributed by atoms with E-state index in [1.54, 1.807) is 24.3 Å². The molecule has 0 aliphatic carbocycles. The zero-order chi connectivity index (χ0) is 15.4. The predicted molar refractivity (Wildman–Crippen MR) is 77.1 cm³/mol. The number of hydrogen-bond acceptors (Lipinski definition) is 5. The number of phenolic OH excluding ortho intramolecular Hbond substituents is 3. The number of phenols is 3. The molecule has 0 aliphatic heterocycles. The Morgan fingerprint density at radius 2 is 1.62 bits per heavy atom. The highest BCUT2D eigenvalue weighted by Crippen LogP contribution is 2.37. The van der Waals surface area contributed by atoms with Crippen molar-refractivity contribution in [3.05, 3.63) is 36.4 Å². The fourth-order valence-electron chi connectivity index (χ4n) is 1.67. The van der Waals surface area contributed by atoms with Crippen LogP contribution in [0.4, 0.5) is 16.2 Å². The highest BCUT2D eigenvalue weighted by Gasteiger charge is 2.10. The van der Waals surface area contributed by atoms with Gasteiger partial charge in [-0.25, -0.2) is 4.79 Å². The minimum atomic E-state index is -0.645. The van der Waals surface area contributed by atoms with Crippen LogP contribution >= 0.6 is 0 Å². The number of urea groups is 1. The second kappa shape index (κ2) is 5.91. The summed E-state index contributed by atoms with van der Waals surface area (Å²) >= 11 is 0. The van der Waals surface area contributed by atoms with Crippen LogP contribution in [0.5, 0.6) is 23.0 Å². The van der Waals surface area contributed by atoms with Crippen LogP contribution in [0.3, 0.4) is 0 Å². The Kier molecular flexibility index (Phi) is 4.03. The summed E-state index contributed by atoms with van der Waals surface area (Å²) in [4.78, 5) is 11.8. The van der Waals surface area contributed by atoms with Crippen molar-refractivity contribution in [2.45, 2.75) is 0 Å². The van der Waals surface area contributed by atoms with Crippen molar-refractivity contribution in [1.29, 1.82) is 0 Å². The molecule has 0 fully saturated rings. The zero-order valence-corrected chi connectivity index (χ0v) is 11.1. The van der Waals surface area contributed by atoms with Gasteiger partial charge in [0.2, 0.25) is 0 Å². The number of amides is 2. The summed E-state index contributed by atoms with van der Waals surface area (Å²) in [5, 5.41) is 32.9. The van der Waals surface area contributed by atoms with Crippen LogP contribution in [0, 0.1) is 0 Å². The average Bonchev–Trinajstić information content (AvgIpc) is 2.44. The van der Waals surface area contributed by atoms with Gasteiger partial charge in [0.25, 0.3) is 0 Å². The lowest BCUT2D eigenvalue weighted by Crippen LogP contribution is -2.19. The molecule has 7 nitrogen and oxygen atoms in total.